The van der Waals surface area contributed by atoms with Crippen LogP contribution in [-0.4, -0.2) is 17.5 Å². The van der Waals surface area contributed by atoms with Crippen LogP contribution in [0.1, 0.15) is 33.1 Å². The summed E-state index contributed by atoms with van der Waals surface area (Å²) in [4.78, 5) is 32.1. The Bertz CT molecular complexity index is 185. The number of primary amides is 1. The molecule has 13 heavy (non-hydrogen) atoms. The molecule has 0 atom stereocenters. The summed E-state index contributed by atoms with van der Waals surface area (Å²) in [6.45, 7) is 2.88. The first-order valence-corrected chi connectivity index (χ1v) is 4.19. The first-order valence-electron chi connectivity index (χ1n) is 4.19. The number of hydrogen-bond acceptors (Lipinski definition) is 3. The van der Waals surface area contributed by atoms with E-state index in [0.717, 1.165) is 0 Å². The van der Waals surface area contributed by atoms with Crippen molar-refractivity contribution in [3.05, 3.63) is 0 Å². The zero-order valence-electron chi connectivity index (χ0n) is 8.00. The molecule has 74 valence electrons. The fraction of sp³-hybridized carbons (Fsp3) is 0.667. The molecule has 0 radical (unpaired) electrons. The summed E-state index contributed by atoms with van der Waals surface area (Å²) in [6.07, 6.45) is 0.615. The first-order chi connectivity index (χ1) is 5.91. The van der Waals surface area contributed by atoms with Gasteiger partial charge in [0, 0.05) is 19.3 Å². The number of amides is 1. The number of nitrogens with two attached hydrogens (primary N) is 1. The molecule has 0 bridgehead atoms. The number of carbonyl (C=O) groups is 3. The molecule has 0 spiro atoms. The maximum absolute atomic E-state index is 10.8. The van der Waals surface area contributed by atoms with E-state index in [-0.39, 0.29) is 36.7 Å². The van der Waals surface area contributed by atoms with Gasteiger partial charge in [-0.2, -0.15) is 0 Å². The summed E-state index contributed by atoms with van der Waals surface area (Å²) in [5.74, 6) is -0.722. The van der Waals surface area contributed by atoms with E-state index >= 15 is 0 Å². The highest BCUT2D eigenvalue weighted by Crippen LogP contribution is 2.13. The van der Waals surface area contributed by atoms with E-state index in [9.17, 15) is 14.4 Å². The second kappa shape index (κ2) is 5.45. The van der Waals surface area contributed by atoms with Gasteiger partial charge in [0.1, 0.15) is 11.6 Å². The number of carbonyl (C=O) groups excluding carboxylic acids is 3. The van der Waals surface area contributed by atoms with Crippen molar-refractivity contribution in [1.29, 1.82) is 0 Å². The van der Waals surface area contributed by atoms with Gasteiger partial charge in [0.05, 0.1) is 0 Å². The van der Waals surface area contributed by atoms with Gasteiger partial charge >= 0.3 is 0 Å². The summed E-state index contributed by atoms with van der Waals surface area (Å²) < 4.78 is 0. The Morgan fingerprint density at radius 1 is 1.00 bits per heavy atom. The minimum Gasteiger partial charge on any atom is -0.370 e. The highest BCUT2D eigenvalue weighted by molar-refractivity contribution is 5.81. The monoisotopic (exact) mass is 185 g/mol. The van der Waals surface area contributed by atoms with Gasteiger partial charge in [-0.05, 0) is 19.8 Å². The molecule has 4 heteroatoms. The van der Waals surface area contributed by atoms with Crippen molar-refractivity contribution in [2.45, 2.75) is 33.1 Å². The number of ketones is 2. The molecule has 0 fully saturated rings. The number of Topliss-reactive ketones (excluding diaryl/α,β-unsaturated/α-hetero) is 2. The Balaban J connectivity index is 4.10. The molecule has 4 nitrogen and oxygen atoms in total. The zero-order valence-corrected chi connectivity index (χ0v) is 8.00. The average Bonchev–Trinajstić information content (AvgIpc) is 1.80. The minimum atomic E-state index is -0.465. The highest BCUT2D eigenvalue weighted by Gasteiger charge is 2.15. The third-order valence-electron chi connectivity index (χ3n) is 1.64. The fourth-order valence-electron chi connectivity index (χ4n) is 1.31. The van der Waals surface area contributed by atoms with Crippen LogP contribution < -0.4 is 5.73 Å². The molecular formula is C9H15NO3. The van der Waals surface area contributed by atoms with Gasteiger partial charge in [-0.15, -0.1) is 0 Å². The smallest absolute Gasteiger partial charge is 0.217 e. The van der Waals surface area contributed by atoms with Crippen LogP contribution in [0.5, 0.6) is 0 Å². The van der Waals surface area contributed by atoms with E-state index in [1.165, 1.54) is 13.8 Å². The third kappa shape index (κ3) is 7.18. The van der Waals surface area contributed by atoms with E-state index in [1.54, 1.807) is 0 Å². The van der Waals surface area contributed by atoms with Crippen LogP contribution in [0.15, 0.2) is 0 Å². The van der Waals surface area contributed by atoms with Gasteiger partial charge in [0.15, 0.2) is 0 Å². The Morgan fingerprint density at radius 2 is 1.38 bits per heavy atom. The van der Waals surface area contributed by atoms with E-state index < -0.39 is 5.91 Å². The van der Waals surface area contributed by atoms with E-state index in [2.05, 4.69) is 0 Å². The molecule has 0 aliphatic carbocycles. The van der Waals surface area contributed by atoms with Crippen molar-refractivity contribution in [2.24, 2.45) is 11.7 Å². The fourth-order valence-corrected chi connectivity index (χ4v) is 1.31. The van der Waals surface area contributed by atoms with Gasteiger partial charge in [-0.3, -0.25) is 4.79 Å². The average molecular weight is 185 g/mol. The van der Waals surface area contributed by atoms with Gasteiger partial charge < -0.3 is 15.3 Å². The van der Waals surface area contributed by atoms with Crippen molar-refractivity contribution >= 4 is 17.5 Å². The molecule has 0 heterocycles. The molecule has 1 amide bonds. The molecule has 0 unspecified atom stereocenters. The lowest BCUT2D eigenvalue weighted by molar-refractivity contribution is -0.121. The normalized spacial score (nSPS) is 10.1. The Kier molecular flexibility index (Phi) is 4.96. The van der Waals surface area contributed by atoms with Crippen LogP contribution in [-0.2, 0) is 14.4 Å². The molecule has 2 N–H and O–H groups in total. The van der Waals surface area contributed by atoms with Crippen LogP contribution in [0.3, 0.4) is 0 Å². The Labute approximate surface area is 77.5 Å². The lowest BCUT2D eigenvalue weighted by atomic mass is 9.94. The summed E-state index contributed by atoms with van der Waals surface area (Å²) in [7, 11) is 0. The minimum absolute atomic E-state index is 0.0208. The maximum Gasteiger partial charge on any atom is 0.217 e. The summed E-state index contributed by atoms with van der Waals surface area (Å²) in [5.41, 5.74) is 4.98. The standard InChI is InChI=1S/C9H15NO3/c1-6(11)3-8(4-7(2)12)5-9(10)13/h8H,3-5H2,1-2H3,(H2,10,13). The van der Waals surface area contributed by atoms with Crippen molar-refractivity contribution in [3.63, 3.8) is 0 Å². The van der Waals surface area contributed by atoms with Crippen LogP contribution >= 0.6 is 0 Å². The summed E-state index contributed by atoms with van der Waals surface area (Å²) in [6, 6.07) is 0. The molecule has 0 saturated carbocycles. The lowest BCUT2D eigenvalue weighted by Gasteiger charge is -2.10. The first kappa shape index (κ1) is 11.8. The molecule has 0 aromatic heterocycles. The van der Waals surface area contributed by atoms with Crippen LogP contribution in [0.4, 0.5) is 0 Å². The number of rotatable bonds is 6. The molecule has 0 rings (SSSR count). The van der Waals surface area contributed by atoms with Gasteiger partial charge in [-0.1, -0.05) is 0 Å². The highest BCUT2D eigenvalue weighted by atomic mass is 16.1. The molecule has 0 saturated heterocycles. The van der Waals surface area contributed by atoms with E-state index in [1.807, 2.05) is 0 Å². The topological polar surface area (TPSA) is 77.2 Å². The Hall–Kier alpha value is -1.19. The van der Waals surface area contributed by atoms with Gasteiger partial charge in [-0.25, -0.2) is 0 Å². The van der Waals surface area contributed by atoms with Crippen molar-refractivity contribution in [3.8, 4) is 0 Å². The van der Waals surface area contributed by atoms with Gasteiger partial charge in [0.25, 0.3) is 0 Å². The molecule has 0 aromatic rings. The molecule has 0 aliphatic rings. The van der Waals surface area contributed by atoms with Crippen LogP contribution in [0, 0.1) is 5.92 Å². The van der Waals surface area contributed by atoms with Crippen molar-refractivity contribution in [1.82, 2.24) is 0 Å². The number of hydrogen-bond donors (Lipinski definition) is 1. The summed E-state index contributed by atoms with van der Waals surface area (Å²) >= 11 is 0. The zero-order chi connectivity index (χ0) is 10.4. The largest absolute Gasteiger partial charge is 0.370 e. The lowest BCUT2D eigenvalue weighted by Crippen LogP contribution is -2.19. The van der Waals surface area contributed by atoms with Crippen LogP contribution in [0.25, 0.3) is 0 Å². The second-order valence-corrected chi connectivity index (χ2v) is 3.35. The van der Waals surface area contributed by atoms with Gasteiger partial charge in [0.2, 0.25) is 5.91 Å². The van der Waals surface area contributed by atoms with E-state index in [4.69, 9.17) is 5.73 Å². The SMILES string of the molecule is CC(=O)CC(CC(C)=O)CC(N)=O. The Morgan fingerprint density at radius 3 is 1.62 bits per heavy atom. The second-order valence-electron chi connectivity index (χ2n) is 3.35. The predicted molar refractivity (Wildman–Crippen MR) is 47.9 cm³/mol. The van der Waals surface area contributed by atoms with Crippen molar-refractivity contribution in [2.75, 3.05) is 0 Å². The molecule has 0 aromatic carbocycles. The third-order valence-corrected chi connectivity index (χ3v) is 1.64. The van der Waals surface area contributed by atoms with Crippen LogP contribution in [0.2, 0.25) is 0 Å². The quantitative estimate of drug-likeness (QED) is 0.652. The molecular weight excluding hydrogens is 170 g/mol. The summed E-state index contributed by atoms with van der Waals surface area (Å²) in [5, 5.41) is 0. The van der Waals surface area contributed by atoms with Crippen molar-refractivity contribution < 1.29 is 14.4 Å². The predicted octanol–water partition coefficient (Wildman–Crippen LogP) is 0.436. The van der Waals surface area contributed by atoms with E-state index in [0.29, 0.717) is 0 Å². The molecule has 0 aliphatic heterocycles. The maximum atomic E-state index is 10.8.